The van der Waals surface area contributed by atoms with E-state index in [2.05, 4.69) is 24.7 Å². The first-order valence-electron chi connectivity index (χ1n) is 9.93. The van der Waals surface area contributed by atoms with Crippen molar-refractivity contribution >= 4 is 16.9 Å². The molecule has 27 heavy (non-hydrogen) atoms. The SMILES string of the molecule is O=C(Cc1c[nH]c2ncccc12)N1CCCCC1c1nnc2n1CCCC2. The third-order valence-corrected chi connectivity index (χ3v) is 5.89. The van der Waals surface area contributed by atoms with Crippen LogP contribution in [0, 0.1) is 0 Å². The summed E-state index contributed by atoms with van der Waals surface area (Å²) in [5.74, 6) is 2.23. The Kier molecular flexibility index (Phi) is 4.14. The van der Waals surface area contributed by atoms with E-state index in [1.54, 1.807) is 6.20 Å². The maximum atomic E-state index is 13.2. The molecule has 140 valence electrons. The average Bonchev–Trinajstić information content (AvgIpc) is 3.32. The van der Waals surface area contributed by atoms with Crippen LogP contribution in [0.1, 0.15) is 55.4 Å². The fourth-order valence-corrected chi connectivity index (χ4v) is 4.50. The second kappa shape index (κ2) is 6.79. The van der Waals surface area contributed by atoms with E-state index < -0.39 is 0 Å². The monoisotopic (exact) mass is 364 g/mol. The van der Waals surface area contributed by atoms with Crippen molar-refractivity contribution in [2.45, 2.75) is 57.5 Å². The lowest BCUT2D eigenvalue weighted by molar-refractivity contribution is -0.134. The first kappa shape index (κ1) is 16.5. The van der Waals surface area contributed by atoms with Gasteiger partial charge in [-0.15, -0.1) is 10.2 Å². The van der Waals surface area contributed by atoms with Crippen LogP contribution in [0.15, 0.2) is 24.5 Å². The molecule has 1 atom stereocenters. The molecule has 1 saturated heterocycles. The van der Waals surface area contributed by atoms with E-state index in [0.29, 0.717) is 6.42 Å². The Bertz CT molecular complexity index is 974. The minimum atomic E-state index is 0.0499. The maximum absolute atomic E-state index is 13.2. The van der Waals surface area contributed by atoms with Gasteiger partial charge in [-0.05, 0) is 49.8 Å². The number of carbonyl (C=O) groups excluding carboxylic acids is 1. The van der Waals surface area contributed by atoms with Crippen LogP contribution in [0.4, 0.5) is 0 Å². The Morgan fingerprint density at radius 3 is 3.07 bits per heavy atom. The van der Waals surface area contributed by atoms with Crippen LogP contribution in [0.25, 0.3) is 11.0 Å². The summed E-state index contributed by atoms with van der Waals surface area (Å²) in [6, 6.07) is 3.98. The van der Waals surface area contributed by atoms with E-state index in [9.17, 15) is 4.79 Å². The average molecular weight is 364 g/mol. The molecule has 2 aliphatic rings. The molecular formula is C20H24N6O. The highest BCUT2D eigenvalue weighted by atomic mass is 16.2. The second-order valence-electron chi connectivity index (χ2n) is 7.57. The number of aromatic amines is 1. The summed E-state index contributed by atoms with van der Waals surface area (Å²) in [7, 11) is 0. The predicted octanol–water partition coefficient (Wildman–Crippen LogP) is 2.79. The van der Waals surface area contributed by atoms with Crippen molar-refractivity contribution in [1.29, 1.82) is 0 Å². The van der Waals surface area contributed by atoms with Crippen molar-refractivity contribution in [3.8, 4) is 0 Å². The normalized spacial score (nSPS) is 20.0. The molecule has 0 spiro atoms. The number of fused-ring (bicyclic) bond motifs is 2. The smallest absolute Gasteiger partial charge is 0.227 e. The highest BCUT2D eigenvalue weighted by molar-refractivity contribution is 5.87. The Labute approximate surface area is 157 Å². The highest BCUT2D eigenvalue weighted by Gasteiger charge is 2.33. The number of aryl methyl sites for hydroxylation is 1. The quantitative estimate of drug-likeness (QED) is 0.775. The van der Waals surface area contributed by atoms with E-state index in [0.717, 1.165) is 67.0 Å². The van der Waals surface area contributed by atoms with Gasteiger partial charge in [0, 0.05) is 37.3 Å². The number of piperidine rings is 1. The van der Waals surface area contributed by atoms with Crippen LogP contribution in [-0.2, 0) is 24.2 Å². The zero-order chi connectivity index (χ0) is 18.2. The molecule has 5 heterocycles. The van der Waals surface area contributed by atoms with Gasteiger partial charge in [0.25, 0.3) is 0 Å². The van der Waals surface area contributed by atoms with Gasteiger partial charge >= 0.3 is 0 Å². The Morgan fingerprint density at radius 2 is 2.11 bits per heavy atom. The number of nitrogens with zero attached hydrogens (tertiary/aromatic N) is 5. The van der Waals surface area contributed by atoms with Gasteiger partial charge in [0.15, 0.2) is 5.82 Å². The van der Waals surface area contributed by atoms with E-state index in [1.165, 1.54) is 12.8 Å². The molecule has 0 aromatic carbocycles. The highest BCUT2D eigenvalue weighted by Crippen LogP contribution is 2.32. The van der Waals surface area contributed by atoms with Gasteiger partial charge in [-0.2, -0.15) is 0 Å². The number of likely N-dealkylation sites (tertiary alicyclic amines) is 1. The second-order valence-corrected chi connectivity index (χ2v) is 7.57. The van der Waals surface area contributed by atoms with E-state index in [4.69, 9.17) is 0 Å². The summed E-state index contributed by atoms with van der Waals surface area (Å²) >= 11 is 0. The number of aromatic nitrogens is 5. The number of pyridine rings is 1. The van der Waals surface area contributed by atoms with Crippen molar-refractivity contribution in [3.05, 3.63) is 41.7 Å². The topological polar surface area (TPSA) is 79.7 Å². The molecule has 0 saturated carbocycles. The molecular weight excluding hydrogens is 340 g/mol. The fraction of sp³-hybridized carbons (Fsp3) is 0.500. The third kappa shape index (κ3) is 2.91. The summed E-state index contributed by atoms with van der Waals surface area (Å²) in [5, 5.41) is 9.94. The Hall–Kier alpha value is -2.70. The van der Waals surface area contributed by atoms with Gasteiger partial charge in [0.1, 0.15) is 11.5 Å². The van der Waals surface area contributed by atoms with Crippen LogP contribution in [0.5, 0.6) is 0 Å². The predicted molar refractivity (Wildman–Crippen MR) is 101 cm³/mol. The summed E-state index contributed by atoms with van der Waals surface area (Å²) in [6.45, 7) is 1.77. The first-order valence-corrected chi connectivity index (χ1v) is 9.93. The van der Waals surface area contributed by atoms with Crippen LogP contribution >= 0.6 is 0 Å². The summed E-state index contributed by atoms with van der Waals surface area (Å²) in [5.41, 5.74) is 1.85. The number of hydrogen-bond donors (Lipinski definition) is 1. The number of nitrogens with one attached hydrogen (secondary N) is 1. The number of rotatable bonds is 3. The van der Waals surface area contributed by atoms with Crippen molar-refractivity contribution in [2.75, 3.05) is 6.54 Å². The number of carbonyl (C=O) groups is 1. The summed E-state index contributed by atoms with van der Waals surface area (Å²) < 4.78 is 2.26. The molecule has 1 unspecified atom stereocenters. The molecule has 1 fully saturated rings. The standard InChI is InChI=1S/C20H24N6O/c27-18(12-14-13-22-19-15(14)6-5-9-21-19)25-10-3-1-7-16(25)20-24-23-17-8-2-4-11-26(17)20/h5-6,9,13,16H,1-4,7-8,10-12H2,(H,21,22). The molecule has 3 aromatic rings. The lowest BCUT2D eigenvalue weighted by Crippen LogP contribution is -2.40. The fourth-order valence-electron chi connectivity index (χ4n) is 4.50. The molecule has 3 aromatic heterocycles. The third-order valence-electron chi connectivity index (χ3n) is 5.89. The molecule has 0 radical (unpaired) electrons. The zero-order valence-electron chi connectivity index (χ0n) is 15.4. The molecule has 5 rings (SSSR count). The van der Waals surface area contributed by atoms with Gasteiger partial charge in [-0.3, -0.25) is 4.79 Å². The van der Waals surface area contributed by atoms with Crippen molar-refractivity contribution in [1.82, 2.24) is 29.6 Å². The summed E-state index contributed by atoms with van der Waals surface area (Å²) in [6.07, 6.45) is 10.6. The zero-order valence-corrected chi connectivity index (χ0v) is 15.4. The van der Waals surface area contributed by atoms with Gasteiger partial charge in [0.05, 0.1) is 12.5 Å². The molecule has 0 aliphatic carbocycles. The van der Waals surface area contributed by atoms with Crippen LogP contribution < -0.4 is 0 Å². The van der Waals surface area contributed by atoms with Crippen LogP contribution in [-0.4, -0.2) is 42.1 Å². The largest absolute Gasteiger partial charge is 0.346 e. The Balaban J connectivity index is 1.42. The van der Waals surface area contributed by atoms with Crippen molar-refractivity contribution < 1.29 is 4.79 Å². The Morgan fingerprint density at radius 1 is 1.19 bits per heavy atom. The van der Waals surface area contributed by atoms with E-state index in [-0.39, 0.29) is 11.9 Å². The lowest BCUT2D eigenvalue weighted by Gasteiger charge is -2.35. The molecule has 2 aliphatic heterocycles. The summed E-state index contributed by atoms with van der Waals surface area (Å²) in [4.78, 5) is 22.7. The minimum absolute atomic E-state index is 0.0499. The molecule has 7 heteroatoms. The lowest BCUT2D eigenvalue weighted by atomic mass is 9.99. The number of hydrogen-bond acceptors (Lipinski definition) is 4. The van der Waals surface area contributed by atoms with E-state index in [1.807, 2.05) is 23.2 Å². The number of H-pyrrole nitrogens is 1. The van der Waals surface area contributed by atoms with Gasteiger partial charge < -0.3 is 14.5 Å². The van der Waals surface area contributed by atoms with E-state index >= 15 is 0 Å². The van der Waals surface area contributed by atoms with Crippen molar-refractivity contribution in [2.24, 2.45) is 0 Å². The van der Waals surface area contributed by atoms with Crippen LogP contribution in [0.2, 0.25) is 0 Å². The molecule has 7 nitrogen and oxygen atoms in total. The number of amides is 1. The maximum Gasteiger partial charge on any atom is 0.227 e. The molecule has 1 amide bonds. The molecule has 0 bridgehead atoms. The van der Waals surface area contributed by atoms with Crippen LogP contribution in [0.3, 0.4) is 0 Å². The van der Waals surface area contributed by atoms with Gasteiger partial charge in [-0.25, -0.2) is 4.98 Å². The molecule has 1 N–H and O–H groups in total. The van der Waals surface area contributed by atoms with Crippen molar-refractivity contribution in [3.63, 3.8) is 0 Å². The first-order chi connectivity index (χ1) is 13.3. The van der Waals surface area contributed by atoms with Gasteiger partial charge in [-0.1, -0.05) is 0 Å². The van der Waals surface area contributed by atoms with Gasteiger partial charge in [0.2, 0.25) is 5.91 Å². The minimum Gasteiger partial charge on any atom is -0.346 e.